The minimum atomic E-state index is -3.89. The Bertz CT molecular complexity index is 560. The van der Waals surface area contributed by atoms with Crippen LogP contribution in [-0.2, 0) is 14.8 Å². The number of nitrogens with one attached hydrogen (secondary N) is 2. The first-order valence-corrected chi connectivity index (χ1v) is 8.15. The van der Waals surface area contributed by atoms with E-state index in [1.54, 1.807) is 0 Å². The van der Waals surface area contributed by atoms with Gasteiger partial charge in [0.15, 0.2) is 5.03 Å². The highest BCUT2D eigenvalue weighted by Gasteiger charge is 2.45. The molecular formula is C12H19N3O4S. The van der Waals surface area contributed by atoms with Gasteiger partial charge in [-0.15, -0.1) is 0 Å². The molecule has 0 spiro atoms. The molecule has 3 N–H and O–H groups in total. The lowest BCUT2D eigenvalue weighted by Crippen LogP contribution is -2.56. The van der Waals surface area contributed by atoms with Crippen LogP contribution >= 0.6 is 0 Å². The molecule has 1 aliphatic rings. The number of carboxylic acids is 1. The maximum Gasteiger partial charge on any atom is 0.324 e. The molecule has 1 aliphatic carbocycles. The molecule has 2 rings (SSSR count). The summed E-state index contributed by atoms with van der Waals surface area (Å²) in [5.41, 5.74) is -1.41. The van der Waals surface area contributed by atoms with Crippen molar-refractivity contribution in [2.24, 2.45) is 5.92 Å². The number of rotatable bonds is 5. The van der Waals surface area contributed by atoms with Crippen molar-refractivity contribution in [3.63, 3.8) is 0 Å². The SMILES string of the molecule is CCC1CCC(NS(=O)(=O)c2ccn[nH]2)(C(=O)O)CC1. The third-order valence-electron chi connectivity index (χ3n) is 4.04. The van der Waals surface area contributed by atoms with Crippen LogP contribution in [0.3, 0.4) is 0 Å². The number of hydrogen-bond acceptors (Lipinski definition) is 4. The van der Waals surface area contributed by atoms with Crippen molar-refractivity contribution in [2.45, 2.75) is 49.6 Å². The van der Waals surface area contributed by atoms with Crippen LogP contribution in [-0.4, -0.2) is 35.2 Å². The fraction of sp³-hybridized carbons (Fsp3) is 0.667. The molecule has 8 heteroatoms. The number of aromatic nitrogens is 2. The zero-order valence-corrected chi connectivity index (χ0v) is 12.1. The van der Waals surface area contributed by atoms with Gasteiger partial charge in [-0.2, -0.15) is 9.82 Å². The van der Waals surface area contributed by atoms with Crippen molar-refractivity contribution in [3.05, 3.63) is 12.3 Å². The van der Waals surface area contributed by atoms with Crippen LogP contribution in [0.2, 0.25) is 0 Å². The van der Waals surface area contributed by atoms with Gasteiger partial charge < -0.3 is 5.11 Å². The second-order valence-corrected chi connectivity index (χ2v) is 6.92. The Labute approximate surface area is 117 Å². The summed E-state index contributed by atoms with van der Waals surface area (Å²) in [7, 11) is -3.89. The fourth-order valence-corrected chi connectivity index (χ4v) is 3.97. The van der Waals surface area contributed by atoms with Gasteiger partial charge in [-0.05, 0) is 37.7 Å². The molecule has 1 heterocycles. The highest BCUT2D eigenvalue weighted by molar-refractivity contribution is 7.89. The van der Waals surface area contributed by atoms with E-state index < -0.39 is 21.5 Å². The van der Waals surface area contributed by atoms with Crippen molar-refractivity contribution in [1.82, 2.24) is 14.9 Å². The number of hydrogen-bond donors (Lipinski definition) is 3. The van der Waals surface area contributed by atoms with Crippen molar-refractivity contribution >= 4 is 16.0 Å². The van der Waals surface area contributed by atoms with Gasteiger partial charge in [0.2, 0.25) is 0 Å². The highest BCUT2D eigenvalue weighted by atomic mass is 32.2. The molecule has 1 saturated carbocycles. The molecule has 7 nitrogen and oxygen atoms in total. The number of aliphatic carboxylic acids is 1. The molecular weight excluding hydrogens is 282 g/mol. The molecule has 0 atom stereocenters. The Balaban J connectivity index is 2.21. The van der Waals surface area contributed by atoms with Crippen LogP contribution in [0.25, 0.3) is 0 Å². The highest BCUT2D eigenvalue weighted by Crippen LogP contribution is 2.35. The third-order valence-corrected chi connectivity index (χ3v) is 5.51. The van der Waals surface area contributed by atoms with Gasteiger partial charge in [0, 0.05) is 0 Å². The second kappa shape index (κ2) is 5.53. The number of carbonyl (C=O) groups is 1. The van der Waals surface area contributed by atoms with Gasteiger partial charge in [-0.25, -0.2) is 8.42 Å². The fourth-order valence-electron chi connectivity index (χ4n) is 2.64. The van der Waals surface area contributed by atoms with Crippen LogP contribution in [0.4, 0.5) is 0 Å². The van der Waals surface area contributed by atoms with Crippen LogP contribution in [0.5, 0.6) is 0 Å². The van der Waals surface area contributed by atoms with Gasteiger partial charge in [0.1, 0.15) is 5.54 Å². The lowest BCUT2D eigenvalue weighted by atomic mass is 9.76. The largest absolute Gasteiger partial charge is 0.480 e. The normalized spacial score (nSPS) is 27.4. The molecule has 1 aromatic heterocycles. The Hall–Kier alpha value is -1.41. The number of sulfonamides is 1. The number of aromatic amines is 1. The van der Waals surface area contributed by atoms with E-state index >= 15 is 0 Å². The van der Waals surface area contributed by atoms with E-state index in [2.05, 4.69) is 21.8 Å². The van der Waals surface area contributed by atoms with Gasteiger partial charge in [-0.3, -0.25) is 9.89 Å². The first-order valence-electron chi connectivity index (χ1n) is 6.66. The molecule has 1 aromatic rings. The number of H-pyrrole nitrogens is 1. The summed E-state index contributed by atoms with van der Waals surface area (Å²) in [5.74, 6) is -0.644. The minimum Gasteiger partial charge on any atom is -0.480 e. The topological polar surface area (TPSA) is 112 Å². The van der Waals surface area contributed by atoms with E-state index in [0.29, 0.717) is 31.6 Å². The van der Waals surface area contributed by atoms with E-state index in [4.69, 9.17) is 0 Å². The van der Waals surface area contributed by atoms with E-state index in [1.165, 1.54) is 12.3 Å². The van der Waals surface area contributed by atoms with E-state index in [0.717, 1.165) is 6.42 Å². The predicted octanol–water partition coefficient (Wildman–Crippen LogP) is 1.11. The Morgan fingerprint density at radius 2 is 2.20 bits per heavy atom. The van der Waals surface area contributed by atoms with Crippen LogP contribution < -0.4 is 4.72 Å². The molecule has 0 amide bonds. The summed E-state index contributed by atoms with van der Waals surface area (Å²) in [5, 5.41) is 15.3. The molecule has 0 aliphatic heterocycles. The standard InChI is InChI=1S/C12H19N3O4S/c1-2-9-3-6-12(7-4-9,11(16)17)15-20(18,19)10-5-8-13-14-10/h5,8-9,15H,2-4,6-7H2,1H3,(H,13,14)(H,16,17). The number of nitrogens with zero attached hydrogens (tertiary/aromatic N) is 1. The quantitative estimate of drug-likeness (QED) is 0.754. The summed E-state index contributed by atoms with van der Waals surface area (Å²) >= 11 is 0. The molecule has 20 heavy (non-hydrogen) atoms. The van der Waals surface area contributed by atoms with Gasteiger partial charge in [0.25, 0.3) is 10.0 Å². The van der Waals surface area contributed by atoms with Gasteiger partial charge in [-0.1, -0.05) is 13.3 Å². The van der Waals surface area contributed by atoms with Gasteiger partial charge in [0.05, 0.1) is 6.20 Å². The molecule has 0 radical (unpaired) electrons. The second-order valence-electron chi connectivity index (χ2n) is 5.27. The minimum absolute atomic E-state index is 0.115. The molecule has 0 aromatic carbocycles. The van der Waals surface area contributed by atoms with Gasteiger partial charge >= 0.3 is 5.97 Å². The Kier molecular flexibility index (Phi) is 4.14. The average molecular weight is 301 g/mol. The molecule has 0 bridgehead atoms. The summed E-state index contributed by atoms with van der Waals surface area (Å²) in [6, 6.07) is 1.30. The molecule has 112 valence electrons. The molecule has 0 unspecified atom stereocenters. The van der Waals surface area contributed by atoms with Crippen LogP contribution in [0, 0.1) is 5.92 Å². The lowest BCUT2D eigenvalue weighted by molar-refractivity contribution is -0.145. The molecule has 0 saturated heterocycles. The van der Waals surface area contributed by atoms with Crippen LogP contribution in [0.1, 0.15) is 39.0 Å². The van der Waals surface area contributed by atoms with Crippen molar-refractivity contribution < 1.29 is 18.3 Å². The van der Waals surface area contributed by atoms with E-state index in [-0.39, 0.29) is 5.03 Å². The van der Waals surface area contributed by atoms with E-state index in [1.807, 2.05) is 0 Å². The maximum absolute atomic E-state index is 12.2. The summed E-state index contributed by atoms with van der Waals surface area (Å²) in [6.07, 6.45) is 4.37. The zero-order chi connectivity index (χ0) is 14.8. The Morgan fingerprint density at radius 3 is 2.65 bits per heavy atom. The lowest BCUT2D eigenvalue weighted by Gasteiger charge is -2.36. The monoisotopic (exact) mass is 301 g/mol. The smallest absolute Gasteiger partial charge is 0.324 e. The third kappa shape index (κ3) is 2.85. The summed E-state index contributed by atoms with van der Waals surface area (Å²) in [6.45, 7) is 2.06. The van der Waals surface area contributed by atoms with Crippen molar-refractivity contribution in [2.75, 3.05) is 0 Å². The number of carboxylic acid groups (broad SMARTS) is 1. The zero-order valence-electron chi connectivity index (χ0n) is 11.3. The molecule has 1 fully saturated rings. The summed E-state index contributed by atoms with van der Waals surface area (Å²) < 4.78 is 26.7. The maximum atomic E-state index is 12.2. The predicted molar refractivity (Wildman–Crippen MR) is 71.5 cm³/mol. The average Bonchev–Trinajstić information content (AvgIpc) is 2.93. The van der Waals surface area contributed by atoms with E-state index in [9.17, 15) is 18.3 Å². The van der Waals surface area contributed by atoms with Crippen LogP contribution in [0.15, 0.2) is 17.3 Å². The first-order chi connectivity index (χ1) is 9.39. The van der Waals surface area contributed by atoms with Crippen molar-refractivity contribution in [3.8, 4) is 0 Å². The first kappa shape index (κ1) is 15.0. The Morgan fingerprint density at radius 1 is 1.55 bits per heavy atom. The summed E-state index contributed by atoms with van der Waals surface area (Å²) in [4.78, 5) is 11.6. The van der Waals surface area contributed by atoms with Crippen molar-refractivity contribution in [1.29, 1.82) is 0 Å².